The van der Waals surface area contributed by atoms with Crippen molar-refractivity contribution in [1.29, 1.82) is 0 Å². The van der Waals surface area contributed by atoms with Crippen molar-refractivity contribution in [3.8, 4) is 0 Å². The molecule has 1 nitrogen and oxygen atoms in total. The van der Waals surface area contributed by atoms with E-state index in [0.717, 1.165) is 0 Å². The molecule has 1 aliphatic heterocycles. The summed E-state index contributed by atoms with van der Waals surface area (Å²) in [5.41, 5.74) is 3.71. The van der Waals surface area contributed by atoms with Crippen molar-refractivity contribution in [2.45, 2.75) is 38.5 Å². The van der Waals surface area contributed by atoms with Gasteiger partial charge in [-0.1, -0.05) is 53.0 Å². The van der Waals surface area contributed by atoms with Gasteiger partial charge in [-0.3, -0.25) is 0 Å². The molecule has 1 aliphatic carbocycles. The second-order valence-electron chi connectivity index (χ2n) is 6.39. The quantitative estimate of drug-likeness (QED) is 0.759. The van der Waals surface area contributed by atoms with Gasteiger partial charge in [0.1, 0.15) is 0 Å². The number of halogens is 1. The predicted octanol–water partition coefficient (Wildman–Crippen LogP) is 4.04. The Hall–Kier alpha value is -0.340. The van der Waals surface area contributed by atoms with Gasteiger partial charge in [-0.05, 0) is 42.2 Å². The summed E-state index contributed by atoms with van der Waals surface area (Å²) in [4.78, 5) is 2.71. The smallest absolute Gasteiger partial charge is 0.0100 e. The first-order chi connectivity index (χ1) is 9.31. The molecule has 1 aromatic rings. The monoisotopic (exact) mass is 321 g/mol. The molecule has 0 radical (unpaired) electrons. The molecule has 3 rings (SSSR count). The molecule has 1 saturated carbocycles. The molecule has 1 aromatic carbocycles. The lowest BCUT2D eigenvalue weighted by Gasteiger charge is -2.33. The highest BCUT2D eigenvalue weighted by Gasteiger charge is 2.34. The lowest BCUT2D eigenvalue weighted by Crippen LogP contribution is -2.38. The summed E-state index contributed by atoms with van der Waals surface area (Å²) in [5, 5.41) is 1.18. The minimum absolute atomic E-state index is 0.566. The normalized spacial score (nSPS) is 23.0. The standard InChI is InChI=1S/C17H24BrN/c18-13-17(9-3-4-10-17)14-19-11-7-15-5-1-2-6-16(15)8-12-19/h1-2,5-6H,3-4,7-14H2. The number of fused-ring (bicyclic) bond motifs is 1. The summed E-state index contributed by atoms with van der Waals surface area (Å²) >= 11 is 3.78. The van der Waals surface area contributed by atoms with E-state index in [0.29, 0.717) is 5.41 Å². The van der Waals surface area contributed by atoms with E-state index < -0.39 is 0 Å². The van der Waals surface area contributed by atoms with E-state index in [1.165, 1.54) is 63.5 Å². The Kier molecular flexibility index (Phi) is 4.28. The highest BCUT2D eigenvalue weighted by molar-refractivity contribution is 9.09. The van der Waals surface area contributed by atoms with Crippen molar-refractivity contribution in [3.05, 3.63) is 35.4 Å². The molecule has 0 N–H and O–H groups in total. The van der Waals surface area contributed by atoms with Crippen molar-refractivity contribution in [1.82, 2.24) is 4.90 Å². The highest BCUT2D eigenvalue weighted by atomic mass is 79.9. The fraction of sp³-hybridized carbons (Fsp3) is 0.647. The second kappa shape index (κ2) is 5.97. The fourth-order valence-corrected chi connectivity index (χ4v) is 4.54. The number of alkyl halides is 1. The number of nitrogens with zero attached hydrogens (tertiary/aromatic N) is 1. The van der Waals surface area contributed by atoms with Gasteiger partial charge in [0.15, 0.2) is 0 Å². The van der Waals surface area contributed by atoms with Crippen LogP contribution >= 0.6 is 15.9 Å². The Balaban J connectivity index is 1.65. The third-order valence-electron chi connectivity index (χ3n) is 5.02. The zero-order valence-electron chi connectivity index (χ0n) is 11.7. The molecular formula is C17H24BrN. The Bertz CT molecular complexity index is 396. The van der Waals surface area contributed by atoms with Crippen LogP contribution in [0.15, 0.2) is 24.3 Å². The first kappa shape index (κ1) is 13.6. The van der Waals surface area contributed by atoms with Crippen LogP contribution < -0.4 is 0 Å². The van der Waals surface area contributed by atoms with Crippen LogP contribution in [0.25, 0.3) is 0 Å². The molecule has 2 heteroatoms. The van der Waals surface area contributed by atoms with Gasteiger partial charge < -0.3 is 4.90 Å². The van der Waals surface area contributed by atoms with Crippen molar-refractivity contribution in [3.63, 3.8) is 0 Å². The maximum Gasteiger partial charge on any atom is 0.0100 e. The van der Waals surface area contributed by atoms with Crippen LogP contribution in [-0.2, 0) is 12.8 Å². The summed E-state index contributed by atoms with van der Waals surface area (Å²) in [6.07, 6.45) is 8.16. The van der Waals surface area contributed by atoms with E-state index in [1.54, 1.807) is 11.1 Å². The first-order valence-electron chi connectivity index (χ1n) is 7.66. The molecule has 0 spiro atoms. The summed E-state index contributed by atoms with van der Waals surface area (Å²) < 4.78 is 0. The van der Waals surface area contributed by atoms with E-state index >= 15 is 0 Å². The summed E-state index contributed by atoms with van der Waals surface area (Å²) in [6.45, 7) is 3.78. The van der Waals surface area contributed by atoms with Crippen LogP contribution in [0.5, 0.6) is 0 Å². The maximum absolute atomic E-state index is 3.78. The maximum atomic E-state index is 3.78. The Labute approximate surface area is 125 Å². The third-order valence-corrected chi connectivity index (χ3v) is 6.21. The molecule has 1 heterocycles. The van der Waals surface area contributed by atoms with Crippen LogP contribution in [0.4, 0.5) is 0 Å². The van der Waals surface area contributed by atoms with E-state index in [1.807, 2.05) is 0 Å². The van der Waals surface area contributed by atoms with Gasteiger partial charge in [-0.25, -0.2) is 0 Å². The van der Waals surface area contributed by atoms with Crippen LogP contribution in [0.1, 0.15) is 36.8 Å². The molecule has 1 fully saturated rings. The Morgan fingerprint density at radius 3 is 2.11 bits per heavy atom. The van der Waals surface area contributed by atoms with E-state index in [9.17, 15) is 0 Å². The van der Waals surface area contributed by atoms with Crippen molar-refractivity contribution >= 4 is 15.9 Å². The first-order valence-corrected chi connectivity index (χ1v) is 8.79. The molecule has 0 atom stereocenters. The lowest BCUT2D eigenvalue weighted by atomic mass is 9.88. The predicted molar refractivity (Wildman–Crippen MR) is 85.0 cm³/mol. The Morgan fingerprint density at radius 1 is 1.00 bits per heavy atom. The summed E-state index contributed by atoms with van der Waals surface area (Å²) in [5.74, 6) is 0. The van der Waals surface area contributed by atoms with E-state index in [-0.39, 0.29) is 0 Å². The number of benzene rings is 1. The van der Waals surface area contributed by atoms with Crippen molar-refractivity contribution in [2.24, 2.45) is 5.41 Å². The van der Waals surface area contributed by atoms with Gasteiger partial charge in [0.2, 0.25) is 0 Å². The minimum Gasteiger partial charge on any atom is -0.302 e. The van der Waals surface area contributed by atoms with Gasteiger partial charge >= 0.3 is 0 Å². The second-order valence-corrected chi connectivity index (χ2v) is 6.95. The fourth-order valence-electron chi connectivity index (χ4n) is 3.81. The molecule has 19 heavy (non-hydrogen) atoms. The van der Waals surface area contributed by atoms with E-state index in [4.69, 9.17) is 0 Å². The topological polar surface area (TPSA) is 3.24 Å². The largest absolute Gasteiger partial charge is 0.302 e. The SMILES string of the molecule is BrCC1(CN2CCc3ccccc3CC2)CCCC1. The molecule has 0 unspecified atom stereocenters. The number of hydrogen-bond donors (Lipinski definition) is 0. The van der Waals surface area contributed by atoms with Gasteiger partial charge in [0, 0.05) is 25.0 Å². The zero-order chi connectivity index (χ0) is 13.1. The van der Waals surface area contributed by atoms with Crippen LogP contribution in [-0.4, -0.2) is 29.9 Å². The van der Waals surface area contributed by atoms with Crippen LogP contribution in [0, 0.1) is 5.41 Å². The molecule has 0 saturated heterocycles. The van der Waals surface area contributed by atoms with Crippen molar-refractivity contribution < 1.29 is 0 Å². The highest BCUT2D eigenvalue weighted by Crippen LogP contribution is 2.40. The molecule has 0 amide bonds. The average Bonchev–Trinajstić information content (AvgIpc) is 2.82. The van der Waals surface area contributed by atoms with Crippen LogP contribution in [0.2, 0.25) is 0 Å². The molecular weight excluding hydrogens is 298 g/mol. The third kappa shape index (κ3) is 3.05. The number of hydrogen-bond acceptors (Lipinski definition) is 1. The van der Waals surface area contributed by atoms with Crippen LogP contribution in [0.3, 0.4) is 0 Å². The van der Waals surface area contributed by atoms with Gasteiger partial charge in [0.25, 0.3) is 0 Å². The lowest BCUT2D eigenvalue weighted by molar-refractivity contribution is 0.178. The van der Waals surface area contributed by atoms with Gasteiger partial charge in [0.05, 0.1) is 0 Å². The van der Waals surface area contributed by atoms with Crippen molar-refractivity contribution in [2.75, 3.05) is 25.0 Å². The molecule has 0 aromatic heterocycles. The number of rotatable bonds is 3. The zero-order valence-corrected chi connectivity index (χ0v) is 13.3. The minimum atomic E-state index is 0.566. The van der Waals surface area contributed by atoms with Gasteiger partial charge in [-0.2, -0.15) is 0 Å². The van der Waals surface area contributed by atoms with Gasteiger partial charge in [-0.15, -0.1) is 0 Å². The molecule has 104 valence electrons. The molecule has 0 bridgehead atoms. The van der Waals surface area contributed by atoms with E-state index in [2.05, 4.69) is 45.1 Å². The average molecular weight is 322 g/mol. The summed E-state index contributed by atoms with van der Waals surface area (Å²) in [6, 6.07) is 9.00. The Morgan fingerprint density at radius 2 is 1.58 bits per heavy atom. The summed E-state index contributed by atoms with van der Waals surface area (Å²) in [7, 11) is 0. The molecule has 2 aliphatic rings.